The van der Waals surface area contributed by atoms with E-state index in [-0.39, 0.29) is 29.9 Å². The van der Waals surface area contributed by atoms with Gasteiger partial charge in [0.15, 0.2) is 5.96 Å². The highest BCUT2D eigenvalue weighted by Gasteiger charge is 2.22. The van der Waals surface area contributed by atoms with Gasteiger partial charge in [0.1, 0.15) is 0 Å². The summed E-state index contributed by atoms with van der Waals surface area (Å²) >= 11 is 0. The van der Waals surface area contributed by atoms with Gasteiger partial charge in [-0.2, -0.15) is 0 Å². The van der Waals surface area contributed by atoms with Crippen LogP contribution >= 0.6 is 24.0 Å². The van der Waals surface area contributed by atoms with E-state index in [1.165, 1.54) is 11.1 Å². The number of nitrogens with zero attached hydrogens (tertiary/aromatic N) is 3. The lowest BCUT2D eigenvalue weighted by Crippen LogP contribution is -2.44. The number of carbonyl (C=O) groups is 1. The summed E-state index contributed by atoms with van der Waals surface area (Å²) < 4.78 is 5.29. The highest BCUT2D eigenvalue weighted by Crippen LogP contribution is 2.22. The number of nitrogens with two attached hydrogens (primary N) is 1. The molecule has 3 rings (SSSR count). The molecule has 6 nitrogen and oxygen atoms in total. The first-order chi connectivity index (χ1) is 11.2. The molecule has 0 unspecified atom stereocenters. The summed E-state index contributed by atoms with van der Waals surface area (Å²) in [5, 5.41) is 0. The summed E-state index contributed by atoms with van der Waals surface area (Å²) in [6.07, 6.45) is 1.25. The van der Waals surface area contributed by atoms with Crippen LogP contribution in [0.15, 0.2) is 29.3 Å². The van der Waals surface area contributed by atoms with Crippen LogP contribution in [0.3, 0.4) is 0 Å². The van der Waals surface area contributed by atoms with Gasteiger partial charge in [-0.15, -0.1) is 24.0 Å². The fourth-order valence-electron chi connectivity index (χ4n) is 2.98. The Labute approximate surface area is 160 Å². The average molecular weight is 444 g/mol. The van der Waals surface area contributed by atoms with Crippen molar-refractivity contribution in [3.8, 4) is 0 Å². The van der Waals surface area contributed by atoms with E-state index in [0.29, 0.717) is 32.1 Å². The number of carbonyl (C=O) groups excluding carboxylic acids is 1. The lowest BCUT2D eigenvalue weighted by Gasteiger charge is -2.27. The molecule has 1 saturated heterocycles. The zero-order chi connectivity index (χ0) is 16.1. The molecule has 2 N–H and O–H groups in total. The number of fused-ring (bicyclic) bond motifs is 1. The molecule has 0 spiro atoms. The van der Waals surface area contributed by atoms with Crippen LogP contribution in [0.2, 0.25) is 0 Å². The number of amides is 1. The molecule has 1 aromatic rings. The Morgan fingerprint density at radius 3 is 2.38 bits per heavy atom. The van der Waals surface area contributed by atoms with Gasteiger partial charge in [0.25, 0.3) is 0 Å². The summed E-state index contributed by atoms with van der Waals surface area (Å²) in [5.74, 6) is 0.760. The van der Waals surface area contributed by atoms with Gasteiger partial charge in [0.05, 0.1) is 13.2 Å². The van der Waals surface area contributed by atoms with Crippen molar-refractivity contribution in [1.29, 1.82) is 0 Å². The van der Waals surface area contributed by atoms with Gasteiger partial charge in [-0.3, -0.25) is 9.79 Å². The SMILES string of the molecule is I.NC(=NCCCC(=O)N1Cc2ccccc2C1)N1CCOCC1. The van der Waals surface area contributed by atoms with E-state index in [1.54, 1.807) is 0 Å². The monoisotopic (exact) mass is 444 g/mol. The lowest BCUT2D eigenvalue weighted by molar-refractivity contribution is -0.131. The first-order valence-electron chi connectivity index (χ1n) is 8.21. The van der Waals surface area contributed by atoms with E-state index in [1.807, 2.05) is 21.9 Å². The second kappa shape index (κ2) is 9.22. The number of hydrogen-bond donors (Lipinski definition) is 1. The second-order valence-electron chi connectivity index (χ2n) is 5.96. The summed E-state index contributed by atoms with van der Waals surface area (Å²) in [5.41, 5.74) is 8.49. The van der Waals surface area contributed by atoms with Gasteiger partial charge >= 0.3 is 0 Å². The van der Waals surface area contributed by atoms with Crippen LogP contribution in [0.4, 0.5) is 0 Å². The molecule has 0 aromatic heterocycles. The Morgan fingerprint density at radius 1 is 1.12 bits per heavy atom. The maximum atomic E-state index is 12.3. The van der Waals surface area contributed by atoms with Gasteiger partial charge < -0.3 is 20.3 Å². The van der Waals surface area contributed by atoms with Crippen LogP contribution in [0.1, 0.15) is 24.0 Å². The minimum Gasteiger partial charge on any atom is -0.378 e. The van der Waals surface area contributed by atoms with E-state index in [0.717, 1.165) is 32.6 Å². The number of morpholine rings is 1. The Morgan fingerprint density at radius 2 is 1.75 bits per heavy atom. The minimum absolute atomic E-state index is 0. The smallest absolute Gasteiger partial charge is 0.223 e. The third kappa shape index (κ3) is 4.83. The largest absolute Gasteiger partial charge is 0.378 e. The van der Waals surface area contributed by atoms with Gasteiger partial charge in [-0.25, -0.2) is 0 Å². The second-order valence-corrected chi connectivity index (χ2v) is 5.96. The van der Waals surface area contributed by atoms with Gasteiger partial charge in [-0.05, 0) is 17.5 Å². The Balaban J connectivity index is 0.00000208. The molecule has 0 radical (unpaired) electrons. The van der Waals surface area contributed by atoms with Crippen molar-refractivity contribution in [3.05, 3.63) is 35.4 Å². The van der Waals surface area contributed by atoms with Crippen LogP contribution in [-0.4, -0.2) is 54.5 Å². The predicted octanol–water partition coefficient (Wildman–Crippen LogP) is 1.57. The molecule has 2 aliphatic heterocycles. The topological polar surface area (TPSA) is 71.2 Å². The summed E-state index contributed by atoms with van der Waals surface area (Å²) in [7, 11) is 0. The van der Waals surface area contributed by atoms with Crippen molar-refractivity contribution in [1.82, 2.24) is 9.80 Å². The first-order valence-corrected chi connectivity index (χ1v) is 8.21. The predicted molar refractivity (Wildman–Crippen MR) is 104 cm³/mol. The summed E-state index contributed by atoms with van der Waals surface area (Å²) in [4.78, 5) is 20.6. The molecular weight excluding hydrogens is 419 g/mol. The fraction of sp³-hybridized carbons (Fsp3) is 0.529. The molecule has 0 aliphatic carbocycles. The summed E-state index contributed by atoms with van der Waals surface area (Å²) in [6.45, 7) is 5.03. The van der Waals surface area contributed by atoms with Crippen LogP contribution < -0.4 is 5.73 Å². The molecule has 24 heavy (non-hydrogen) atoms. The molecule has 2 aliphatic rings. The Kier molecular flexibility index (Phi) is 7.29. The quantitative estimate of drug-likeness (QED) is 0.331. The highest BCUT2D eigenvalue weighted by molar-refractivity contribution is 14.0. The van der Waals surface area contributed by atoms with E-state index < -0.39 is 0 Å². The Hall–Kier alpha value is -1.35. The van der Waals surface area contributed by atoms with Crippen molar-refractivity contribution in [2.45, 2.75) is 25.9 Å². The minimum atomic E-state index is 0. The van der Waals surface area contributed by atoms with E-state index in [2.05, 4.69) is 17.1 Å². The molecule has 1 amide bonds. The number of guanidine groups is 1. The Bertz CT molecular complexity index is 563. The van der Waals surface area contributed by atoms with Crippen LogP contribution in [0.5, 0.6) is 0 Å². The molecule has 132 valence electrons. The maximum Gasteiger partial charge on any atom is 0.223 e. The molecule has 1 aromatic carbocycles. The number of aliphatic imine (C=N–C) groups is 1. The van der Waals surface area contributed by atoms with Crippen molar-refractivity contribution < 1.29 is 9.53 Å². The van der Waals surface area contributed by atoms with Crippen molar-refractivity contribution >= 4 is 35.8 Å². The zero-order valence-electron chi connectivity index (χ0n) is 13.8. The molecule has 1 fully saturated rings. The zero-order valence-corrected chi connectivity index (χ0v) is 16.1. The summed E-state index contributed by atoms with van der Waals surface area (Å²) in [6, 6.07) is 8.23. The maximum absolute atomic E-state index is 12.3. The standard InChI is InChI=1S/C17H24N4O2.HI/c18-17(20-8-10-23-11-9-20)19-7-3-6-16(22)21-12-14-4-1-2-5-15(14)13-21;/h1-2,4-5H,3,6-13H2,(H2,18,19);1H. The molecule has 0 saturated carbocycles. The van der Waals surface area contributed by atoms with Crippen molar-refractivity contribution in [2.24, 2.45) is 10.7 Å². The third-order valence-corrected chi connectivity index (χ3v) is 4.35. The highest BCUT2D eigenvalue weighted by atomic mass is 127. The van der Waals surface area contributed by atoms with E-state index in [9.17, 15) is 4.79 Å². The van der Waals surface area contributed by atoms with E-state index >= 15 is 0 Å². The van der Waals surface area contributed by atoms with Crippen molar-refractivity contribution in [3.63, 3.8) is 0 Å². The first kappa shape index (κ1) is 19.0. The van der Waals surface area contributed by atoms with Crippen LogP contribution in [-0.2, 0) is 22.6 Å². The molecule has 0 bridgehead atoms. The van der Waals surface area contributed by atoms with Crippen LogP contribution in [0.25, 0.3) is 0 Å². The number of halogens is 1. The average Bonchev–Trinajstić information content (AvgIpc) is 3.03. The lowest BCUT2D eigenvalue weighted by atomic mass is 10.1. The van der Waals surface area contributed by atoms with Gasteiger partial charge in [0, 0.05) is 39.1 Å². The van der Waals surface area contributed by atoms with Gasteiger partial charge in [-0.1, -0.05) is 24.3 Å². The number of ether oxygens (including phenoxy) is 1. The fourth-order valence-corrected chi connectivity index (χ4v) is 2.98. The normalized spacial score (nSPS) is 17.4. The molecule has 0 atom stereocenters. The number of rotatable bonds is 4. The van der Waals surface area contributed by atoms with E-state index in [4.69, 9.17) is 10.5 Å². The number of hydrogen-bond acceptors (Lipinski definition) is 3. The van der Waals surface area contributed by atoms with Crippen LogP contribution in [0, 0.1) is 0 Å². The molecule has 2 heterocycles. The van der Waals surface area contributed by atoms with Crippen molar-refractivity contribution in [2.75, 3.05) is 32.8 Å². The molecule has 7 heteroatoms. The van der Waals surface area contributed by atoms with Gasteiger partial charge in [0.2, 0.25) is 5.91 Å². The molecular formula is C17H25IN4O2. The third-order valence-electron chi connectivity index (χ3n) is 4.35. The number of benzene rings is 1.